The summed E-state index contributed by atoms with van der Waals surface area (Å²) in [7, 11) is 0. The van der Waals surface area contributed by atoms with Gasteiger partial charge in [0.15, 0.2) is 5.82 Å². The van der Waals surface area contributed by atoms with Gasteiger partial charge in [-0.15, -0.1) is 0 Å². The predicted molar refractivity (Wildman–Crippen MR) is 110 cm³/mol. The summed E-state index contributed by atoms with van der Waals surface area (Å²) >= 11 is 0. The van der Waals surface area contributed by atoms with E-state index < -0.39 is 12.0 Å². The largest absolute Gasteiger partial charge is 0.431 e. The molecule has 0 aliphatic carbocycles. The maximum atomic E-state index is 12.1. The van der Waals surface area contributed by atoms with E-state index in [1.807, 2.05) is 4.90 Å². The molecule has 164 valence electrons. The van der Waals surface area contributed by atoms with Crippen LogP contribution >= 0.6 is 0 Å². The zero-order valence-corrected chi connectivity index (χ0v) is 16.8. The SMILES string of the molecule is NC(=O)CCNC(=O)ON1CCc2c(-c3cnc(N)nc3)nc(N3CCOCC3)nc21. The number of nitrogens with one attached hydrogen (secondary N) is 1. The van der Waals surface area contributed by atoms with Crippen molar-refractivity contribution in [2.24, 2.45) is 5.73 Å². The number of nitrogen functional groups attached to an aromatic ring is 1. The molecule has 2 aliphatic rings. The Morgan fingerprint density at radius 2 is 1.90 bits per heavy atom. The lowest BCUT2D eigenvalue weighted by Gasteiger charge is -2.28. The first-order chi connectivity index (χ1) is 15.0. The van der Waals surface area contributed by atoms with Crippen molar-refractivity contribution in [3.05, 3.63) is 18.0 Å². The molecule has 2 aromatic rings. The zero-order chi connectivity index (χ0) is 21.8. The van der Waals surface area contributed by atoms with Crippen molar-refractivity contribution < 1.29 is 19.2 Å². The predicted octanol–water partition coefficient (Wildman–Crippen LogP) is -0.768. The molecule has 0 aromatic carbocycles. The number of morpholine rings is 1. The van der Waals surface area contributed by atoms with Gasteiger partial charge in [0, 0.05) is 49.6 Å². The van der Waals surface area contributed by atoms with Crippen molar-refractivity contribution in [3.63, 3.8) is 0 Å². The molecule has 5 N–H and O–H groups in total. The first kappa shape index (κ1) is 20.5. The molecule has 13 nitrogen and oxygen atoms in total. The minimum Gasteiger partial charge on any atom is -0.378 e. The Balaban J connectivity index is 1.62. The van der Waals surface area contributed by atoms with E-state index in [1.165, 1.54) is 5.06 Å². The smallest absolute Gasteiger partial charge is 0.378 e. The van der Waals surface area contributed by atoms with Crippen LogP contribution in [0.3, 0.4) is 0 Å². The Morgan fingerprint density at radius 3 is 2.61 bits per heavy atom. The first-order valence-electron chi connectivity index (χ1n) is 9.84. The van der Waals surface area contributed by atoms with E-state index in [2.05, 4.69) is 20.3 Å². The molecule has 0 atom stereocenters. The second-order valence-corrected chi connectivity index (χ2v) is 6.98. The molecule has 13 heteroatoms. The van der Waals surface area contributed by atoms with Gasteiger partial charge in [0.2, 0.25) is 17.8 Å². The van der Waals surface area contributed by atoms with Crippen LogP contribution in [0, 0.1) is 0 Å². The van der Waals surface area contributed by atoms with Crippen LogP contribution in [0.2, 0.25) is 0 Å². The Bertz CT molecular complexity index is 963. The minimum atomic E-state index is -0.696. The molecule has 0 unspecified atom stereocenters. The average molecular weight is 429 g/mol. The molecule has 2 aromatic heterocycles. The summed E-state index contributed by atoms with van der Waals surface area (Å²) in [6.07, 6.45) is 3.10. The molecule has 2 amide bonds. The zero-order valence-electron chi connectivity index (χ0n) is 16.8. The average Bonchev–Trinajstić information content (AvgIpc) is 3.16. The highest BCUT2D eigenvalue weighted by molar-refractivity contribution is 5.76. The topological polar surface area (TPSA) is 175 Å². The summed E-state index contributed by atoms with van der Waals surface area (Å²) in [6, 6.07) is 0. The van der Waals surface area contributed by atoms with Gasteiger partial charge in [-0.3, -0.25) is 4.79 Å². The Labute approximate surface area is 177 Å². The third-order valence-electron chi connectivity index (χ3n) is 4.85. The molecule has 4 rings (SSSR count). The molecule has 0 spiro atoms. The van der Waals surface area contributed by atoms with E-state index in [0.29, 0.717) is 62.3 Å². The highest BCUT2D eigenvalue weighted by Gasteiger charge is 2.30. The number of hydrogen-bond donors (Lipinski definition) is 3. The number of carbonyl (C=O) groups excluding carboxylic acids is 2. The molecule has 1 saturated heterocycles. The number of nitrogens with two attached hydrogens (primary N) is 2. The van der Waals surface area contributed by atoms with E-state index in [9.17, 15) is 9.59 Å². The Morgan fingerprint density at radius 1 is 1.16 bits per heavy atom. The maximum absolute atomic E-state index is 12.1. The Kier molecular flexibility index (Phi) is 5.93. The van der Waals surface area contributed by atoms with Crippen LogP contribution in [0.4, 0.5) is 22.5 Å². The molecule has 31 heavy (non-hydrogen) atoms. The van der Waals surface area contributed by atoms with Crippen LogP contribution < -0.4 is 26.7 Å². The van der Waals surface area contributed by atoms with Gasteiger partial charge >= 0.3 is 6.09 Å². The summed E-state index contributed by atoms with van der Waals surface area (Å²) in [6.45, 7) is 2.93. The second-order valence-electron chi connectivity index (χ2n) is 6.98. The lowest BCUT2D eigenvalue weighted by Crippen LogP contribution is -2.38. The van der Waals surface area contributed by atoms with Crippen LogP contribution in [-0.2, 0) is 20.8 Å². The van der Waals surface area contributed by atoms with E-state index in [0.717, 1.165) is 5.56 Å². The lowest BCUT2D eigenvalue weighted by atomic mass is 10.1. The van der Waals surface area contributed by atoms with Gasteiger partial charge in [-0.2, -0.15) is 10.0 Å². The van der Waals surface area contributed by atoms with Crippen LogP contribution in [0.5, 0.6) is 0 Å². The van der Waals surface area contributed by atoms with Crippen LogP contribution in [0.25, 0.3) is 11.3 Å². The van der Waals surface area contributed by atoms with Gasteiger partial charge in [0.05, 0.1) is 25.5 Å². The fourth-order valence-corrected chi connectivity index (χ4v) is 3.33. The number of hydrogen-bond acceptors (Lipinski definition) is 11. The van der Waals surface area contributed by atoms with Crippen molar-refractivity contribution >= 4 is 29.7 Å². The van der Waals surface area contributed by atoms with Gasteiger partial charge in [-0.25, -0.2) is 19.7 Å². The van der Waals surface area contributed by atoms with E-state index in [4.69, 9.17) is 26.0 Å². The van der Waals surface area contributed by atoms with Crippen molar-refractivity contribution in [1.29, 1.82) is 0 Å². The number of anilines is 3. The molecule has 4 heterocycles. The van der Waals surface area contributed by atoms with Gasteiger partial charge < -0.3 is 31.3 Å². The third-order valence-corrected chi connectivity index (χ3v) is 4.85. The molecular weight excluding hydrogens is 406 g/mol. The summed E-state index contributed by atoms with van der Waals surface area (Å²) in [5.41, 5.74) is 12.9. The Hall–Kier alpha value is -3.74. The number of fused-ring (bicyclic) bond motifs is 1. The van der Waals surface area contributed by atoms with E-state index >= 15 is 0 Å². The molecule has 0 radical (unpaired) electrons. The van der Waals surface area contributed by atoms with Gasteiger partial charge in [-0.1, -0.05) is 0 Å². The highest BCUT2D eigenvalue weighted by atomic mass is 16.7. The molecule has 0 saturated carbocycles. The number of hydroxylamine groups is 1. The summed E-state index contributed by atoms with van der Waals surface area (Å²) < 4.78 is 5.42. The van der Waals surface area contributed by atoms with Gasteiger partial charge in [0.1, 0.15) is 0 Å². The highest BCUT2D eigenvalue weighted by Crippen LogP contribution is 2.35. The normalized spacial score (nSPS) is 15.5. The lowest BCUT2D eigenvalue weighted by molar-refractivity contribution is -0.117. The first-order valence-corrected chi connectivity index (χ1v) is 9.84. The molecule has 2 aliphatic heterocycles. The number of nitrogens with zero attached hydrogens (tertiary/aromatic N) is 6. The van der Waals surface area contributed by atoms with E-state index in [1.54, 1.807) is 12.4 Å². The fourth-order valence-electron chi connectivity index (χ4n) is 3.33. The minimum absolute atomic E-state index is 0.0241. The number of aromatic nitrogens is 4. The van der Waals surface area contributed by atoms with Crippen molar-refractivity contribution in [2.75, 3.05) is 55.1 Å². The van der Waals surface area contributed by atoms with Crippen molar-refractivity contribution in [3.8, 4) is 11.3 Å². The van der Waals surface area contributed by atoms with Gasteiger partial charge in [0.25, 0.3) is 0 Å². The summed E-state index contributed by atoms with van der Waals surface area (Å²) in [5.74, 6) is 0.650. The quantitative estimate of drug-likeness (QED) is 0.526. The third kappa shape index (κ3) is 4.71. The van der Waals surface area contributed by atoms with E-state index in [-0.39, 0.29) is 18.9 Å². The number of carbonyl (C=O) groups is 2. The molecule has 1 fully saturated rings. The van der Waals surface area contributed by atoms with Crippen molar-refractivity contribution in [1.82, 2.24) is 25.3 Å². The number of amides is 2. The number of rotatable bonds is 6. The second kappa shape index (κ2) is 8.95. The summed E-state index contributed by atoms with van der Waals surface area (Å²) in [5, 5.41) is 3.91. The van der Waals surface area contributed by atoms with Gasteiger partial charge in [-0.05, 0) is 6.42 Å². The standard InChI is InChI=1S/C18H23N9O4/c19-13(28)1-3-21-18(29)31-27-4-2-12-14(11-9-22-16(20)23-10-11)24-17(25-15(12)27)26-5-7-30-8-6-26/h9-10H,1-8H2,(H2,19,28)(H,21,29)(H2,20,22,23). The van der Waals surface area contributed by atoms with Crippen LogP contribution in [-0.4, -0.2) is 71.3 Å². The summed E-state index contributed by atoms with van der Waals surface area (Å²) in [4.78, 5) is 48.0. The monoisotopic (exact) mass is 429 g/mol. The van der Waals surface area contributed by atoms with Crippen LogP contribution in [0.15, 0.2) is 12.4 Å². The number of primary amides is 1. The maximum Gasteiger partial charge on any atom is 0.431 e. The number of ether oxygens (including phenoxy) is 1. The van der Waals surface area contributed by atoms with Crippen LogP contribution in [0.1, 0.15) is 12.0 Å². The fraction of sp³-hybridized carbons (Fsp3) is 0.444. The molecular formula is C18H23N9O4. The van der Waals surface area contributed by atoms with Crippen molar-refractivity contribution in [2.45, 2.75) is 12.8 Å². The molecule has 0 bridgehead atoms.